The molecule has 6 aromatic carbocycles. The molecule has 0 fully saturated rings. The zero-order chi connectivity index (χ0) is 89.3. The molecule has 0 aliphatic carbocycles. The third kappa shape index (κ3) is 43.3. The topological polar surface area (TPSA) is 318 Å². The van der Waals surface area contributed by atoms with Crippen molar-refractivity contribution in [2.45, 2.75) is 253 Å². The summed E-state index contributed by atoms with van der Waals surface area (Å²) in [6.07, 6.45) is 27.6. The Morgan fingerprint density at radius 2 is 0.458 bits per heavy atom. The minimum atomic E-state index is -0.610. The Kier molecular flexibility index (Phi) is 61.9. The van der Waals surface area contributed by atoms with E-state index in [1.54, 1.807) is 75.9 Å². The van der Waals surface area contributed by atoms with Crippen LogP contribution in [0.4, 0.5) is 0 Å². The number of aromatic hydroxyl groups is 3. The second kappa shape index (κ2) is 68.4. The van der Waals surface area contributed by atoms with Crippen molar-refractivity contribution in [3.63, 3.8) is 0 Å². The van der Waals surface area contributed by atoms with Gasteiger partial charge in [-0.15, -0.1) is 0 Å². The second-order valence-corrected chi connectivity index (χ2v) is 29.2. The van der Waals surface area contributed by atoms with Gasteiger partial charge < -0.3 is 89.9 Å². The van der Waals surface area contributed by atoms with Crippen LogP contribution in [0.2, 0.25) is 0 Å². The van der Waals surface area contributed by atoms with Crippen molar-refractivity contribution in [2.75, 3.05) is 103 Å². The van der Waals surface area contributed by atoms with Crippen LogP contribution in [0.3, 0.4) is 0 Å². The van der Waals surface area contributed by atoms with Gasteiger partial charge in [-0.25, -0.2) is 28.8 Å². The van der Waals surface area contributed by atoms with Gasteiger partial charge in [-0.2, -0.15) is 0 Å². The molecule has 6 unspecified atom stereocenters. The molecule has 0 aliphatic heterocycles. The van der Waals surface area contributed by atoms with E-state index in [2.05, 4.69) is 73.4 Å². The van der Waals surface area contributed by atoms with Crippen LogP contribution in [0.5, 0.6) is 34.5 Å². The summed E-state index contributed by atoms with van der Waals surface area (Å²) in [6, 6.07) is 34.8. The summed E-state index contributed by atoms with van der Waals surface area (Å²) in [7, 11) is 13.1. The normalized spacial score (nSPS) is 12.1. The first kappa shape index (κ1) is 109. The van der Waals surface area contributed by atoms with Crippen molar-refractivity contribution in [2.24, 2.45) is 0 Å². The Morgan fingerprint density at radius 3 is 0.750 bits per heavy atom. The number of methoxy groups -OCH3 is 9. The van der Waals surface area contributed by atoms with Gasteiger partial charge in [0, 0.05) is 33.4 Å². The van der Waals surface area contributed by atoms with Gasteiger partial charge >= 0.3 is 35.8 Å². The van der Waals surface area contributed by atoms with Crippen LogP contribution in [0, 0.1) is 20.8 Å². The lowest BCUT2D eigenvalue weighted by Gasteiger charge is -2.20. The lowest BCUT2D eigenvalue weighted by Crippen LogP contribution is -2.30. The smallest absolute Gasteiger partial charge is 0.327 e. The molecule has 0 amide bonds. The largest absolute Gasteiger partial charge is 0.508 e. The zero-order valence-electron chi connectivity index (χ0n) is 75.8. The molecule has 0 spiro atoms. The Bertz CT molecular complexity index is 3750. The Hall–Kier alpha value is -9.30. The van der Waals surface area contributed by atoms with E-state index in [0.717, 1.165) is 156 Å². The highest BCUT2D eigenvalue weighted by Crippen LogP contribution is 2.32. The maximum Gasteiger partial charge on any atom is 0.327 e. The van der Waals surface area contributed by atoms with Crippen LogP contribution < -0.4 is 46.1 Å². The number of nitrogens with one attached hydrogen (secondary N) is 6. The monoisotopic (exact) mass is 1680 g/mol. The standard InChI is InChI=1S/C18H29NO3.3C16H25NO3.2C15H23NO3/c1-5-6-7-8-9-12-19-17(18(20)22-4)15-13-14(2)10-11-16(15)21-3;1-5-6-7-10-17-15(16(18)20-4)13-11-12(2)8-9-14(13)19-3;1-4-5-6-7-10-17-15(16(19)20-3)13-11-12(2)8-9-14(13)18;1-3-4-5-6-9-12-17-15(16(19)20-2)13-10-7-8-11-14(13)18;1-4-5-8-11-16-14(15(17)19-3)12-9-6-7-10-13(12)18-2;1-3-4-5-8-11-16-14(15(18)19-2)12-9-6-7-10-13(12)17/h10-11,13,17,19H,5-9,12H2,1-4H3;8-9,11,15,17H,5-7,10H2,1-4H3;8-9,11,15,17-18H,4-7,10H2,1-3H3;7-8,10-11,15,17-18H,3-6,9,12H2,1-2H3;6-7,9-10,14,16H,4-5,8,11H2,1-3H3;6-7,9-10,14,16-17H,3-5,8,11H2,1-2H3. The lowest BCUT2D eigenvalue weighted by molar-refractivity contribution is -0.144. The van der Waals surface area contributed by atoms with Gasteiger partial charge in [0.2, 0.25) is 0 Å². The van der Waals surface area contributed by atoms with Crippen molar-refractivity contribution < 1.29 is 86.7 Å². The average Bonchev–Trinajstić information content (AvgIpc) is 0.850. The first-order valence-corrected chi connectivity index (χ1v) is 43.2. The fourth-order valence-electron chi connectivity index (χ4n) is 12.8. The minimum absolute atomic E-state index is 0.110. The molecule has 9 N–H and O–H groups in total. The summed E-state index contributed by atoms with van der Waals surface area (Å²) >= 11 is 0. The molecule has 0 saturated heterocycles. The number of phenols is 3. The van der Waals surface area contributed by atoms with E-state index < -0.39 is 36.3 Å². The number of hydrogen-bond donors (Lipinski definition) is 9. The Morgan fingerprint density at radius 1 is 0.250 bits per heavy atom. The van der Waals surface area contributed by atoms with Crippen LogP contribution in [0.25, 0.3) is 0 Å². The third-order valence-corrected chi connectivity index (χ3v) is 19.7. The summed E-state index contributed by atoms with van der Waals surface area (Å²) in [4.78, 5) is 71.6. The number of aryl methyl sites for hydroxylation is 3. The molecule has 0 bridgehead atoms. The number of rotatable bonds is 51. The minimum Gasteiger partial charge on any atom is -0.508 e. The van der Waals surface area contributed by atoms with E-state index in [1.165, 1.54) is 113 Å². The summed E-state index contributed by atoms with van der Waals surface area (Å²) in [5.74, 6) is 0.462. The van der Waals surface area contributed by atoms with Crippen LogP contribution in [0.1, 0.15) is 282 Å². The molecular weight excluding hydrogens is 1530 g/mol. The predicted molar refractivity (Wildman–Crippen MR) is 479 cm³/mol. The molecule has 0 heterocycles. The summed E-state index contributed by atoms with van der Waals surface area (Å²) in [5, 5.41) is 48.9. The number of phenolic OH excluding ortho intramolecular Hbond substituents is 3. The van der Waals surface area contributed by atoms with E-state index >= 15 is 0 Å². The Labute approximate surface area is 718 Å². The molecule has 0 aromatic heterocycles. The summed E-state index contributed by atoms with van der Waals surface area (Å²) < 4.78 is 45.2. The molecule has 6 rings (SSSR count). The number of esters is 6. The Balaban J connectivity index is 0.000000720. The van der Waals surface area contributed by atoms with Crippen molar-refractivity contribution in [1.29, 1.82) is 0 Å². The molecule has 6 atom stereocenters. The number of carbonyl (C=O) groups is 6. The lowest BCUT2D eigenvalue weighted by atomic mass is 10.0. The maximum absolute atomic E-state index is 12.1. The molecule has 0 aliphatic rings. The van der Waals surface area contributed by atoms with E-state index in [9.17, 15) is 44.1 Å². The molecule has 0 saturated carbocycles. The van der Waals surface area contributed by atoms with Crippen LogP contribution in [0.15, 0.2) is 127 Å². The number of ether oxygens (including phenoxy) is 9. The van der Waals surface area contributed by atoms with E-state index in [-0.39, 0.29) is 53.1 Å². The predicted octanol–water partition coefficient (Wildman–Crippen LogP) is 18.5. The number of unbranched alkanes of at least 4 members (excludes halogenated alkanes) is 18. The first-order valence-electron chi connectivity index (χ1n) is 43.2. The quantitative estimate of drug-likeness (QED) is 0.00973. The van der Waals surface area contributed by atoms with E-state index in [4.69, 9.17) is 42.6 Å². The van der Waals surface area contributed by atoms with Gasteiger partial charge in [0.05, 0.1) is 64.0 Å². The van der Waals surface area contributed by atoms with Gasteiger partial charge in [-0.05, 0) is 135 Å². The van der Waals surface area contributed by atoms with Crippen molar-refractivity contribution in [3.8, 4) is 34.5 Å². The molecule has 24 heteroatoms. The van der Waals surface area contributed by atoms with Crippen LogP contribution in [-0.4, -0.2) is 154 Å². The van der Waals surface area contributed by atoms with Crippen molar-refractivity contribution >= 4 is 35.8 Å². The molecule has 0 radical (unpaired) electrons. The number of hydrogen-bond acceptors (Lipinski definition) is 24. The molecule has 6 aromatic rings. The van der Waals surface area contributed by atoms with E-state index in [0.29, 0.717) is 33.9 Å². The van der Waals surface area contributed by atoms with Gasteiger partial charge in [0.15, 0.2) is 0 Å². The fraction of sp³-hybridized carbons (Fsp3) is 0.562. The van der Waals surface area contributed by atoms with Gasteiger partial charge in [-0.3, -0.25) is 0 Å². The highest BCUT2D eigenvalue weighted by atomic mass is 16.5. The summed E-state index contributed by atoms with van der Waals surface area (Å²) in [6.45, 7) is 23.5. The van der Waals surface area contributed by atoms with Crippen molar-refractivity contribution in [1.82, 2.24) is 31.9 Å². The summed E-state index contributed by atoms with van der Waals surface area (Å²) in [5.41, 5.74) is 7.36. The average molecular weight is 1680 g/mol. The maximum atomic E-state index is 12.1. The highest BCUT2D eigenvalue weighted by Gasteiger charge is 2.29. The number of para-hydroxylation sites is 3. The fourth-order valence-corrected chi connectivity index (χ4v) is 12.8. The van der Waals surface area contributed by atoms with E-state index in [1.807, 2.05) is 93.6 Å². The highest BCUT2D eigenvalue weighted by molar-refractivity contribution is 5.82. The number of carbonyl (C=O) groups excluding carboxylic acids is 6. The van der Waals surface area contributed by atoms with Crippen LogP contribution >= 0.6 is 0 Å². The first-order chi connectivity index (χ1) is 58.0. The van der Waals surface area contributed by atoms with Gasteiger partial charge in [0.1, 0.15) is 70.7 Å². The second-order valence-electron chi connectivity index (χ2n) is 29.2. The molecule has 120 heavy (non-hydrogen) atoms. The molecular formula is C96H150N6O18. The third-order valence-electron chi connectivity index (χ3n) is 19.7. The zero-order valence-corrected chi connectivity index (χ0v) is 75.8. The van der Waals surface area contributed by atoms with Gasteiger partial charge in [-0.1, -0.05) is 265 Å². The van der Waals surface area contributed by atoms with Crippen molar-refractivity contribution in [3.05, 3.63) is 177 Å². The van der Waals surface area contributed by atoms with Crippen LogP contribution in [-0.2, 0) is 57.2 Å². The van der Waals surface area contributed by atoms with Gasteiger partial charge in [0.25, 0.3) is 0 Å². The molecule has 24 nitrogen and oxygen atoms in total. The SMILES string of the molecule is CCCCCCCNC(C(=O)OC)c1cc(C)ccc1OC.CCCCCCCNC(C(=O)OC)c1ccccc1O.CCCCCCNC(C(=O)OC)c1cc(C)ccc1O.CCCCCCNC(C(=O)OC)c1ccccc1O.CCCCCNC(C(=O)OC)c1cc(C)ccc1OC.CCCCCNC(C(=O)OC)c1ccccc1OC. The number of benzene rings is 6. The molecule has 672 valence electrons.